The molecule has 0 unspecified atom stereocenters. The van der Waals surface area contributed by atoms with Crippen molar-refractivity contribution in [1.82, 2.24) is 10.3 Å². The summed E-state index contributed by atoms with van der Waals surface area (Å²) in [5.74, 6) is -1.54. The van der Waals surface area contributed by atoms with Gasteiger partial charge >= 0.3 is 0 Å². The van der Waals surface area contributed by atoms with E-state index in [1.54, 1.807) is 6.07 Å². The largest absolute Gasteiger partial charge is 0.326 e. The van der Waals surface area contributed by atoms with Gasteiger partial charge in [-0.2, -0.15) is 0 Å². The van der Waals surface area contributed by atoms with Gasteiger partial charge in [0.25, 0.3) is 0 Å². The molecular weight excluding hydrogens is 208 g/mol. The molecular formula is C11H8N2O3. The molecule has 1 aromatic rings. The lowest BCUT2D eigenvalue weighted by molar-refractivity contribution is -0.117. The van der Waals surface area contributed by atoms with E-state index >= 15 is 0 Å². The van der Waals surface area contributed by atoms with Crippen molar-refractivity contribution >= 4 is 23.2 Å². The van der Waals surface area contributed by atoms with Gasteiger partial charge in [-0.05, 0) is 6.07 Å². The van der Waals surface area contributed by atoms with Gasteiger partial charge in [0.15, 0.2) is 0 Å². The normalized spacial score (nSPS) is 14.2. The SMILES string of the molecule is CC(=O)NC1=CC(=O)C(=O)c2cnccc21. The molecule has 5 nitrogen and oxygen atoms in total. The summed E-state index contributed by atoms with van der Waals surface area (Å²) in [5, 5.41) is 2.51. The summed E-state index contributed by atoms with van der Waals surface area (Å²) < 4.78 is 0. The molecule has 2 rings (SSSR count). The zero-order chi connectivity index (χ0) is 11.7. The molecule has 1 amide bonds. The van der Waals surface area contributed by atoms with Crippen molar-refractivity contribution in [3.63, 3.8) is 0 Å². The Morgan fingerprint density at radius 1 is 1.31 bits per heavy atom. The summed E-state index contributed by atoms with van der Waals surface area (Å²) in [6.45, 7) is 1.34. The van der Waals surface area contributed by atoms with Crippen LogP contribution in [0.1, 0.15) is 22.8 Å². The number of rotatable bonds is 1. The van der Waals surface area contributed by atoms with Gasteiger partial charge in [-0.15, -0.1) is 0 Å². The van der Waals surface area contributed by atoms with Gasteiger partial charge in [0.1, 0.15) is 0 Å². The molecule has 0 aromatic carbocycles. The Balaban J connectivity index is 2.55. The molecule has 0 spiro atoms. The number of ketones is 2. The predicted molar refractivity (Wildman–Crippen MR) is 55.4 cm³/mol. The van der Waals surface area contributed by atoms with E-state index < -0.39 is 11.6 Å². The van der Waals surface area contributed by atoms with Gasteiger partial charge in [-0.3, -0.25) is 19.4 Å². The highest BCUT2D eigenvalue weighted by Crippen LogP contribution is 2.21. The highest BCUT2D eigenvalue weighted by Gasteiger charge is 2.26. The Kier molecular flexibility index (Phi) is 2.36. The molecule has 0 aliphatic heterocycles. The lowest BCUT2D eigenvalue weighted by atomic mass is 9.94. The fraction of sp³-hybridized carbons (Fsp3) is 0.0909. The summed E-state index contributed by atoms with van der Waals surface area (Å²) in [5.41, 5.74) is 1.09. The number of carbonyl (C=O) groups excluding carboxylic acids is 3. The van der Waals surface area contributed by atoms with Crippen LogP contribution in [0, 0.1) is 0 Å². The Morgan fingerprint density at radius 3 is 2.75 bits per heavy atom. The number of nitrogens with zero attached hydrogens (tertiary/aromatic N) is 1. The molecule has 1 aromatic heterocycles. The number of fused-ring (bicyclic) bond motifs is 1. The molecule has 16 heavy (non-hydrogen) atoms. The van der Waals surface area contributed by atoms with Crippen LogP contribution in [-0.2, 0) is 9.59 Å². The molecule has 1 aliphatic rings. The van der Waals surface area contributed by atoms with Crippen molar-refractivity contribution < 1.29 is 14.4 Å². The molecule has 0 saturated heterocycles. The summed E-state index contributed by atoms with van der Waals surface area (Å²) in [6, 6.07) is 1.58. The van der Waals surface area contributed by atoms with Crippen LogP contribution in [-0.4, -0.2) is 22.5 Å². The first kappa shape index (κ1) is 10.2. The van der Waals surface area contributed by atoms with Gasteiger partial charge in [0, 0.05) is 31.0 Å². The summed E-state index contributed by atoms with van der Waals surface area (Å²) in [7, 11) is 0. The third-order valence-electron chi connectivity index (χ3n) is 2.17. The topological polar surface area (TPSA) is 76.1 Å². The fourth-order valence-corrected chi connectivity index (χ4v) is 1.51. The number of allylic oxidation sites excluding steroid dienone is 1. The van der Waals surface area contributed by atoms with E-state index in [0.29, 0.717) is 11.3 Å². The van der Waals surface area contributed by atoms with E-state index in [4.69, 9.17) is 0 Å². The Morgan fingerprint density at radius 2 is 2.06 bits per heavy atom. The van der Waals surface area contributed by atoms with Crippen molar-refractivity contribution in [3.8, 4) is 0 Å². The van der Waals surface area contributed by atoms with Crippen molar-refractivity contribution in [2.45, 2.75) is 6.92 Å². The van der Waals surface area contributed by atoms with Gasteiger partial charge in [0.05, 0.1) is 11.3 Å². The maximum atomic E-state index is 11.5. The maximum absolute atomic E-state index is 11.5. The molecule has 0 fully saturated rings. The quantitative estimate of drug-likeness (QED) is 0.686. The van der Waals surface area contributed by atoms with Crippen LogP contribution in [0.3, 0.4) is 0 Å². The number of nitrogens with one attached hydrogen (secondary N) is 1. The molecule has 0 atom stereocenters. The molecule has 80 valence electrons. The van der Waals surface area contributed by atoms with Gasteiger partial charge in [-0.1, -0.05) is 0 Å². The first-order valence-corrected chi connectivity index (χ1v) is 4.62. The summed E-state index contributed by atoms with van der Waals surface area (Å²) in [4.78, 5) is 37.6. The second-order valence-corrected chi connectivity index (χ2v) is 3.35. The predicted octanol–water partition coefficient (Wildman–Crippen LogP) is 0.324. The van der Waals surface area contributed by atoms with Crippen molar-refractivity contribution in [2.75, 3.05) is 0 Å². The highest BCUT2D eigenvalue weighted by atomic mass is 16.2. The van der Waals surface area contributed by atoms with Crippen LogP contribution in [0.15, 0.2) is 24.5 Å². The zero-order valence-electron chi connectivity index (χ0n) is 8.48. The molecule has 1 N–H and O–H groups in total. The van der Waals surface area contributed by atoms with E-state index in [-0.39, 0.29) is 11.5 Å². The van der Waals surface area contributed by atoms with Gasteiger partial charge < -0.3 is 5.32 Å². The van der Waals surface area contributed by atoms with Crippen LogP contribution in [0.4, 0.5) is 0 Å². The number of Topliss-reactive ketones (excluding diaryl/α,β-unsaturated/α-hetero) is 1. The first-order chi connectivity index (χ1) is 7.59. The Bertz CT molecular complexity index is 532. The van der Waals surface area contributed by atoms with Crippen LogP contribution in [0.25, 0.3) is 5.70 Å². The van der Waals surface area contributed by atoms with E-state index in [9.17, 15) is 14.4 Å². The number of hydrogen-bond acceptors (Lipinski definition) is 4. The standard InChI is InChI=1S/C11H8N2O3/c1-6(14)13-9-4-10(15)11(16)8-5-12-3-2-7(8)9/h2-5H,1H3,(H,13,14). The molecule has 1 heterocycles. The molecule has 5 heteroatoms. The third-order valence-corrected chi connectivity index (χ3v) is 2.17. The van der Waals surface area contributed by atoms with E-state index in [2.05, 4.69) is 10.3 Å². The Hall–Kier alpha value is -2.30. The maximum Gasteiger partial charge on any atom is 0.235 e. The van der Waals surface area contributed by atoms with Gasteiger partial charge in [0.2, 0.25) is 17.5 Å². The number of carbonyl (C=O) groups is 3. The van der Waals surface area contributed by atoms with Crippen molar-refractivity contribution in [2.24, 2.45) is 0 Å². The minimum atomic E-state index is -0.649. The second kappa shape index (κ2) is 3.69. The Labute approximate surface area is 91.2 Å². The van der Waals surface area contributed by atoms with E-state index in [0.717, 1.165) is 6.08 Å². The minimum Gasteiger partial charge on any atom is -0.326 e. The van der Waals surface area contributed by atoms with Crippen molar-refractivity contribution in [1.29, 1.82) is 0 Å². The number of hydrogen-bond donors (Lipinski definition) is 1. The average Bonchev–Trinajstić information content (AvgIpc) is 2.25. The molecule has 1 aliphatic carbocycles. The summed E-state index contributed by atoms with van der Waals surface area (Å²) in [6.07, 6.45) is 3.95. The lowest BCUT2D eigenvalue weighted by Crippen LogP contribution is -2.26. The molecule has 0 saturated carbocycles. The minimum absolute atomic E-state index is 0.221. The number of amides is 1. The summed E-state index contributed by atoms with van der Waals surface area (Å²) >= 11 is 0. The van der Waals surface area contributed by atoms with E-state index in [1.165, 1.54) is 19.3 Å². The molecule has 0 radical (unpaired) electrons. The lowest BCUT2D eigenvalue weighted by Gasteiger charge is -2.15. The van der Waals surface area contributed by atoms with Crippen molar-refractivity contribution in [3.05, 3.63) is 35.7 Å². The number of pyridine rings is 1. The van der Waals surface area contributed by atoms with Crippen LogP contribution in [0.5, 0.6) is 0 Å². The second-order valence-electron chi connectivity index (χ2n) is 3.35. The van der Waals surface area contributed by atoms with Crippen LogP contribution >= 0.6 is 0 Å². The first-order valence-electron chi connectivity index (χ1n) is 4.62. The van der Waals surface area contributed by atoms with Crippen LogP contribution in [0.2, 0.25) is 0 Å². The third kappa shape index (κ3) is 1.63. The molecule has 0 bridgehead atoms. The fourth-order valence-electron chi connectivity index (χ4n) is 1.51. The number of aromatic nitrogens is 1. The highest BCUT2D eigenvalue weighted by molar-refractivity contribution is 6.50. The van der Waals surface area contributed by atoms with Gasteiger partial charge in [-0.25, -0.2) is 0 Å². The smallest absolute Gasteiger partial charge is 0.235 e. The monoisotopic (exact) mass is 216 g/mol. The average molecular weight is 216 g/mol. The van der Waals surface area contributed by atoms with Crippen LogP contribution < -0.4 is 5.32 Å². The zero-order valence-corrected chi connectivity index (χ0v) is 8.48. The van der Waals surface area contributed by atoms with E-state index in [1.807, 2.05) is 0 Å².